The fourth-order valence-electron chi connectivity index (χ4n) is 4.25. The fraction of sp³-hybridized carbons (Fsp3) is 0.800. The van der Waals surface area contributed by atoms with Crippen LogP contribution >= 0.6 is 0 Å². The molecular formula is C25H47BF3N3O. The van der Waals surface area contributed by atoms with Gasteiger partial charge in [0.25, 0.3) is 0 Å². The summed E-state index contributed by atoms with van der Waals surface area (Å²) in [6.07, 6.45) is 12.3. The highest BCUT2D eigenvalue weighted by Gasteiger charge is 2.27. The lowest BCUT2D eigenvalue weighted by molar-refractivity contribution is -0.929. The second-order valence-electron chi connectivity index (χ2n) is 9.27. The van der Waals surface area contributed by atoms with Crippen LogP contribution in [-0.2, 0) is 4.74 Å². The quantitative estimate of drug-likeness (QED) is 0.246. The van der Waals surface area contributed by atoms with E-state index in [4.69, 9.17) is 4.74 Å². The van der Waals surface area contributed by atoms with Gasteiger partial charge in [0.2, 0.25) is 0 Å². The molecule has 0 aromatic carbocycles. The van der Waals surface area contributed by atoms with Gasteiger partial charge < -0.3 is 27.1 Å². The zero-order valence-corrected chi connectivity index (χ0v) is 21.5. The molecule has 0 amide bonds. The Bertz CT molecular complexity index is 588. The second-order valence-corrected chi connectivity index (χ2v) is 9.27. The average Bonchev–Trinajstić information content (AvgIpc) is 2.84. The van der Waals surface area contributed by atoms with Crippen LogP contribution in [0.2, 0.25) is 0 Å². The van der Waals surface area contributed by atoms with Gasteiger partial charge in [0, 0.05) is 19.3 Å². The van der Waals surface area contributed by atoms with Crippen LogP contribution in [0.5, 0.6) is 0 Å². The summed E-state index contributed by atoms with van der Waals surface area (Å²) >= 11 is 0. The van der Waals surface area contributed by atoms with Gasteiger partial charge in [-0.25, -0.2) is 4.98 Å². The van der Waals surface area contributed by atoms with Gasteiger partial charge in [-0.15, -0.1) is 5.46 Å². The van der Waals surface area contributed by atoms with E-state index < -0.39 is 12.4 Å². The number of ether oxygens (including phenoxy) is 1. The first-order valence-electron chi connectivity index (χ1n) is 13.2. The normalized spacial score (nSPS) is 14.7. The number of rotatable bonds is 14. The van der Waals surface area contributed by atoms with Crippen LogP contribution in [0.15, 0.2) is 18.3 Å². The standard InChI is InChI=1S/C16H36N.C9H11BF3N2O/c1-5-9-13-17(14-10-6-2,15-11-7-3)16-12-8-4;11-10(12,13)8-1-2-14-9(7-8)15-3-5-16-6-4-15/h5-16H2,1-4H3;1-2,7H,3-6H2/q+1;-1. The molecule has 0 unspecified atom stereocenters. The van der Waals surface area contributed by atoms with Crippen molar-refractivity contribution in [2.24, 2.45) is 0 Å². The summed E-state index contributed by atoms with van der Waals surface area (Å²) in [6, 6.07) is 2.11. The van der Waals surface area contributed by atoms with Crippen molar-refractivity contribution >= 4 is 18.3 Å². The van der Waals surface area contributed by atoms with Crippen LogP contribution in [0.4, 0.5) is 18.8 Å². The van der Waals surface area contributed by atoms with Crippen molar-refractivity contribution in [2.75, 3.05) is 57.4 Å². The highest BCUT2D eigenvalue weighted by molar-refractivity contribution is 6.73. The highest BCUT2D eigenvalue weighted by atomic mass is 19.4. The first kappa shape index (κ1) is 29.8. The summed E-state index contributed by atoms with van der Waals surface area (Å²) in [4.78, 5) is 5.76. The molecule has 2 heterocycles. The Morgan fingerprint density at radius 3 is 1.70 bits per heavy atom. The van der Waals surface area contributed by atoms with E-state index in [0.29, 0.717) is 32.1 Å². The van der Waals surface area contributed by atoms with E-state index in [0.717, 1.165) is 12.1 Å². The van der Waals surface area contributed by atoms with Crippen LogP contribution < -0.4 is 10.4 Å². The third-order valence-corrected chi connectivity index (χ3v) is 6.43. The highest BCUT2D eigenvalue weighted by Crippen LogP contribution is 2.17. The first-order valence-corrected chi connectivity index (χ1v) is 13.2. The Hall–Kier alpha value is -1.28. The van der Waals surface area contributed by atoms with Gasteiger partial charge in [-0.2, -0.15) is 0 Å². The Kier molecular flexibility index (Phi) is 14.8. The Labute approximate surface area is 200 Å². The minimum Gasteiger partial charge on any atom is -0.445 e. The number of unbranched alkanes of at least 4 members (excludes halogenated alkanes) is 4. The Balaban J connectivity index is 0.000000330. The van der Waals surface area contributed by atoms with Crippen LogP contribution in [0.1, 0.15) is 79.1 Å². The van der Waals surface area contributed by atoms with Gasteiger partial charge in [-0.05, 0) is 31.7 Å². The van der Waals surface area contributed by atoms with Gasteiger partial charge in [0.1, 0.15) is 5.82 Å². The van der Waals surface area contributed by atoms with E-state index in [-0.39, 0.29) is 0 Å². The Morgan fingerprint density at radius 1 is 0.848 bits per heavy atom. The molecule has 1 aromatic heterocycles. The van der Waals surface area contributed by atoms with Crippen LogP contribution in [0, 0.1) is 0 Å². The number of hydrogen-bond donors (Lipinski definition) is 0. The molecule has 0 spiro atoms. The lowest BCUT2D eigenvalue weighted by Gasteiger charge is -2.39. The molecule has 33 heavy (non-hydrogen) atoms. The molecule has 2 rings (SSSR count). The van der Waals surface area contributed by atoms with Gasteiger partial charge in [-0.1, -0.05) is 59.4 Å². The minimum absolute atomic E-state index is 0.375. The molecule has 4 nitrogen and oxygen atoms in total. The SMILES string of the molecule is CCCC[N+](CCCC)(CCCC)CCCC.F[B-](F)(F)c1ccnc(N2CCOCC2)c1. The molecule has 8 heteroatoms. The third kappa shape index (κ3) is 11.6. The number of pyridine rings is 1. The minimum atomic E-state index is -4.95. The molecular weight excluding hydrogens is 426 g/mol. The largest absolute Gasteiger partial charge is 0.509 e. The van der Waals surface area contributed by atoms with E-state index in [1.165, 1.54) is 88.2 Å². The number of halogens is 3. The molecule has 0 aliphatic carbocycles. The molecule has 0 atom stereocenters. The van der Waals surface area contributed by atoms with E-state index in [9.17, 15) is 12.9 Å². The fourth-order valence-corrected chi connectivity index (χ4v) is 4.25. The molecule has 192 valence electrons. The number of morpholine rings is 1. The summed E-state index contributed by atoms with van der Waals surface area (Å²) in [5.74, 6) is 0.375. The molecule has 1 aromatic rings. The van der Waals surface area contributed by atoms with Gasteiger partial charge >= 0.3 is 6.98 Å². The van der Waals surface area contributed by atoms with Gasteiger partial charge in [0.05, 0.1) is 39.4 Å². The molecule has 0 radical (unpaired) electrons. The number of aromatic nitrogens is 1. The zero-order valence-electron chi connectivity index (χ0n) is 21.5. The van der Waals surface area contributed by atoms with Crippen molar-refractivity contribution in [1.29, 1.82) is 0 Å². The first-order chi connectivity index (χ1) is 15.8. The molecule has 1 aliphatic rings. The number of quaternary nitrogens is 1. The lowest BCUT2D eigenvalue weighted by Crippen LogP contribution is -2.50. The number of hydrogen-bond acceptors (Lipinski definition) is 3. The van der Waals surface area contributed by atoms with Crippen molar-refractivity contribution < 1.29 is 22.2 Å². The molecule has 0 saturated carbocycles. The van der Waals surface area contributed by atoms with Gasteiger partial charge in [0.15, 0.2) is 0 Å². The van der Waals surface area contributed by atoms with Crippen molar-refractivity contribution in [2.45, 2.75) is 79.1 Å². The number of nitrogens with zero attached hydrogens (tertiary/aromatic N) is 3. The monoisotopic (exact) mass is 473 g/mol. The smallest absolute Gasteiger partial charge is 0.445 e. The summed E-state index contributed by atoms with van der Waals surface area (Å²) in [5, 5.41) is 0. The Morgan fingerprint density at radius 2 is 1.30 bits per heavy atom. The summed E-state index contributed by atoms with van der Waals surface area (Å²) in [7, 11) is 0. The van der Waals surface area contributed by atoms with Crippen LogP contribution in [0.3, 0.4) is 0 Å². The van der Waals surface area contributed by atoms with Crippen molar-refractivity contribution in [3.8, 4) is 0 Å². The van der Waals surface area contributed by atoms with E-state index in [2.05, 4.69) is 32.7 Å². The topological polar surface area (TPSA) is 25.4 Å². The maximum Gasteiger partial charge on any atom is 0.509 e. The van der Waals surface area contributed by atoms with E-state index in [1.807, 2.05) is 0 Å². The summed E-state index contributed by atoms with van der Waals surface area (Å²) < 4.78 is 44.1. The van der Waals surface area contributed by atoms with Crippen LogP contribution in [-0.4, -0.2) is 68.9 Å². The van der Waals surface area contributed by atoms with Gasteiger partial charge in [-0.3, -0.25) is 0 Å². The van der Waals surface area contributed by atoms with Crippen molar-refractivity contribution in [3.63, 3.8) is 0 Å². The molecule has 0 bridgehead atoms. The summed E-state index contributed by atoms with van der Waals surface area (Å²) in [6.45, 7) is 12.3. The van der Waals surface area contributed by atoms with E-state index in [1.54, 1.807) is 4.90 Å². The zero-order chi connectivity index (χ0) is 24.6. The average molecular weight is 473 g/mol. The molecule has 0 N–H and O–H groups in total. The van der Waals surface area contributed by atoms with Crippen LogP contribution in [0.25, 0.3) is 0 Å². The maximum atomic E-state index is 12.5. The van der Waals surface area contributed by atoms with Crippen molar-refractivity contribution in [3.05, 3.63) is 18.3 Å². The molecule has 1 saturated heterocycles. The predicted octanol–water partition coefficient (Wildman–Crippen LogP) is 5.98. The molecule has 1 fully saturated rings. The maximum absolute atomic E-state index is 12.5. The molecule has 1 aliphatic heterocycles. The second kappa shape index (κ2) is 16.4. The third-order valence-electron chi connectivity index (χ3n) is 6.43. The lowest BCUT2D eigenvalue weighted by atomic mass is 9.81. The summed E-state index contributed by atoms with van der Waals surface area (Å²) in [5.41, 5.74) is -0.600. The number of anilines is 1. The predicted molar refractivity (Wildman–Crippen MR) is 135 cm³/mol. The van der Waals surface area contributed by atoms with Crippen molar-refractivity contribution in [1.82, 2.24) is 4.98 Å². The van der Waals surface area contributed by atoms with E-state index >= 15 is 0 Å².